The number of ether oxygens (including phenoxy) is 1. The van der Waals surface area contributed by atoms with Gasteiger partial charge in [0.25, 0.3) is 0 Å². The van der Waals surface area contributed by atoms with Gasteiger partial charge in [0.2, 0.25) is 5.91 Å². The van der Waals surface area contributed by atoms with Crippen LogP contribution in [0.2, 0.25) is 0 Å². The van der Waals surface area contributed by atoms with Crippen LogP contribution in [0.1, 0.15) is 51.4 Å². The Morgan fingerprint density at radius 3 is 2.50 bits per heavy atom. The highest BCUT2D eigenvalue weighted by Gasteiger charge is 2.41. The Hall–Kier alpha value is -0.680. The second-order valence-electron chi connectivity index (χ2n) is 6.15. The zero-order valence-electron chi connectivity index (χ0n) is 12.2. The van der Waals surface area contributed by atoms with Crippen molar-refractivity contribution >= 4 is 23.1 Å². The highest BCUT2D eigenvalue weighted by molar-refractivity contribution is 7.80. The van der Waals surface area contributed by atoms with Crippen molar-refractivity contribution in [3.8, 4) is 0 Å². The topological polar surface area (TPSA) is 64.4 Å². The average Bonchev–Trinajstić information content (AvgIpc) is 2.72. The summed E-state index contributed by atoms with van der Waals surface area (Å²) in [5.41, 5.74) is 5.32. The Kier molecular flexibility index (Phi) is 5.78. The molecule has 0 aromatic rings. The first-order valence-corrected chi connectivity index (χ1v) is 8.22. The number of thiocarbonyl (C=S) groups is 1. The normalized spacial score (nSPS) is 26.5. The van der Waals surface area contributed by atoms with E-state index in [2.05, 4.69) is 5.32 Å². The number of amides is 1. The second-order valence-corrected chi connectivity index (χ2v) is 6.59. The van der Waals surface area contributed by atoms with Gasteiger partial charge in [0.05, 0.1) is 17.0 Å². The van der Waals surface area contributed by atoms with Crippen LogP contribution >= 0.6 is 12.2 Å². The Morgan fingerprint density at radius 2 is 1.95 bits per heavy atom. The number of carbonyl (C=O) groups excluding carboxylic acids is 1. The molecule has 1 saturated carbocycles. The number of nitrogens with two attached hydrogens (primary N) is 1. The van der Waals surface area contributed by atoms with Crippen LogP contribution in [0.15, 0.2) is 0 Å². The van der Waals surface area contributed by atoms with E-state index in [1.165, 1.54) is 12.8 Å². The lowest BCUT2D eigenvalue weighted by atomic mass is 9.79. The minimum Gasteiger partial charge on any atom is -0.392 e. The van der Waals surface area contributed by atoms with E-state index in [-0.39, 0.29) is 5.91 Å². The smallest absolute Gasteiger partial charge is 0.233 e. The van der Waals surface area contributed by atoms with Crippen molar-refractivity contribution in [2.75, 3.05) is 19.8 Å². The molecule has 1 aliphatic heterocycles. The molecule has 114 valence electrons. The van der Waals surface area contributed by atoms with E-state index < -0.39 is 5.41 Å². The molecule has 0 radical (unpaired) electrons. The van der Waals surface area contributed by atoms with E-state index >= 15 is 0 Å². The second kappa shape index (κ2) is 7.36. The molecule has 3 N–H and O–H groups in total. The molecule has 0 bridgehead atoms. The fourth-order valence-corrected chi connectivity index (χ4v) is 3.59. The average molecular weight is 298 g/mol. The molecule has 20 heavy (non-hydrogen) atoms. The maximum Gasteiger partial charge on any atom is 0.233 e. The largest absolute Gasteiger partial charge is 0.392 e. The number of nitrogens with one attached hydrogen (secondary N) is 1. The van der Waals surface area contributed by atoms with Crippen molar-refractivity contribution in [3.63, 3.8) is 0 Å². The van der Waals surface area contributed by atoms with Crippen LogP contribution in [-0.4, -0.2) is 30.7 Å². The van der Waals surface area contributed by atoms with Gasteiger partial charge in [-0.05, 0) is 31.6 Å². The summed E-state index contributed by atoms with van der Waals surface area (Å²) < 4.78 is 5.45. The van der Waals surface area contributed by atoms with Gasteiger partial charge < -0.3 is 15.8 Å². The van der Waals surface area contributed by atoms with Crippen molar-refractivity contribution in [2.24, 2.45) is 17.1 Å². The van der Waals surface area contributed by atoms with Gasteiger partial charge in [-0.3, -0.25) is 4.79 Å². The van der Waals surface area contributed by atoms with Crippen molar-refractivity contribution in [2.45, 2.75) is 51.4 Å². The number of carbonyl (C=O) groups is 1. The number of hydrogen-bond donors (Lipinski definition) is 2. The molecule has 0 aromatic heterocycles. The third kappa shape index (κ3) is 3.70. The van der Waals surface area contributed by atoms with Gasteiger partial charge in [0.1, 0.15) is 0 Å². The molecule has 5 heteroatoms. The van der Waals surface area contributed by atoms with Crippen LogP contribution in [0.25, 0.3) is 0 Å². The lowest BCUT2D eigenvalue weighted by molar-refractivity contribution is -0.128. The summed E-state index contributed by atoms with van der Waals surface area (Å²) in [5.74, 6) is 0.472. The summed E-state index contributed by atoms with van der Waals surface area (Å²) in [6, 6.07) is 0. The molecule has 2 fully saturated rings. The molecule has 1 saturated heterocycles. The van der Waals surface area contributed by atoms with E-state index in [1.54, 1.807) is 0 Å². The lowest BCUT2D eigenvalue weighted by Crippen LogP contribution is -2.50. The minimum absolute atomic E-state index is 0.0393. The predicted octanol–water partition coefficient (Wildman–Crippen LogP) is 2.16. The number of hydrogen-bond acceptors (Lipinski definition) is 3. The maximum atomic E-state index is 12.6. The molecule has 0 aromatic carbocycles. The highest BCUT2D eigenvalue weighted by Crippen LogP contribution is 2.35. The van der Waals surface area contributed by atoms with Crippen LogP contribution in [0.3, 0.4) is 0 Å². The molecule has 1 aliphatic carbocycles. The van der Waals surface area contributed by atoms with E-state index in [1.807, 2.05) is 0 Å². The zero-order chi connectivity index (χ0) is 14.4. The van der Waals surface area contributed by atoms with Gasteiger partial charge in [-0.15, -0.1) is 0 Å². The molecule has 2 aliphatic rings. The summed E-state index contributed by atoms with van der Waals surface area (Å²) >= 11 is 5.23. The Balaban J connectivity index is 1.94. The standard InChI is InChI=1S/C15H26N2O2S/c16-13(20)15(7-3-1-2-4-8-15)14(18)17-10-12-6-5-9-19-11-12/h12H,1-11H2,(H2,16,20)(H,17,18). The summed E-state index contributed by atoms with van der Waals surface area (Å²) in [4.78, 5) is 13.0. The van der Waals surface area contributed by atoms with Gasteiger partial charge in [0, 0.05) is 13.2 Å². The Morgan fingerprint density at radius 1 is 1.25 bits per heavy atom. The molecule has 1 amide bonds. The summed E-state index contributed by atoms with van der Waals surface area (Å²) in [7, 11) is 0. The molecule has 4 nitrogen and oxygen atoms in total. The van der Waals surface area contributed by atoms with E-state index in [0.717, 1.165) is 51.7 Å². The highest BCUT2D eigenvalue weighted by atomic mass is 32.1. The summed E-state index contributed by atoms with van der Waals surface area (Å²) in [6.07, 6.45) is 8.24. The molecular weight excluding hydrogens is 272 g/mol. The molecule has 0 spiro atoms. The van der Waals surface area contributed by atoms with Crippen LogP contribution in [-0.2, 0) is 9.53 Å². The minimum atomic E-state index is -0.610. The maximum absolute atomic E-state index is 12.6. The van der Waals surface area contributed by atoms with E-state index in [4.69, 9.17) is 22.7 Å². The first-order chi connectivity index (χ1) is 9.65. The van der Waals surface area contributed by atoms with Gasteiger partial charge in [-0.25, -0.2) is 0 Å². The lowest BCUT2D eigenvalue weighted by Gasteiger charge is -2.31. The SMILES string of the molecule is NC(=S)C1(C(=O)NCC2CCCOC2)CCCCCC1. The predicted molar refractivity (Wildman–Crippen MR) is 83.5 cm³/mol. The van der Waals surface area contributed by atoms with Gasteiger partial charge in [-0.1, -0.05) is 37.9 Å². The fourth-order valence-electron chi connectivity index (χ4n) is 3.29. The Bertz CT molecular complexity index is 346. The third-order valence-electron chi connectivity index (χ3n) is 4.67. The zero-order valence-corrected chi connectivity index (χ0v) is 13.0. The van der Waals surface area contributed by atoms with Crippen LogP contribution in [0, 0.1) is 11.3 Å². The van der Waals surface area contributed by atoms with E-state index in [9.17, 15) is 4.79 Å². The van der Waals surface area contributed by atoms with Crippen LogP contribution < -0.4 is 11.1 Å². The van der Waals surface area contributed by atoms with Gasteiger partial charge >= 0.3 is 0 Å². The van der Waals surface area contributed by atoms with Crippen LogP contribution in [0.4, 0.5) is 0 Å². The van der Waals surface area contributed by atoms with Gasteiger partial charge in [-0.2, -0.15) is 0 Å². The number of rotatable bonds is 4. The molecule has 2 rings (SSSR count). The molecular formula is C15H26N2O2S. The van der Waals surface area contributed by atoms with Crippen molar-refractivity contribution in [1.82, 2.24) is 5.32 Å². The van der Waals surface area contributed by atoms with Gasteiger partial charge in [0.15, 0.2) is 0 Å². The summed E-state index contributed by atoms with van der Waals surface area (Å²) in [5, 5.41) is 3.09. The molecule has 1 atom stereocenters. The van der Waals surface area contributed by atoms with E-state index in [0.29, 0.717) is 17.5 Å². The fraction of sp³-hybridized carbons (Fsp3) is 0.867. The monoisotopic (exact) mass is 298 g/mol. The molecule has 1 unspecified atom stereocenters. The first kappa shape index (κ1) is 15.7. The Labute approximate surface area is 126 Å². The van der Waals surface area contributed by atoms with Crippen molar-refractivity contribution < 1.29 is 9.53 Å². The third-order valence-corrected chi connectivity index (χ3v) is 5.06. The first-order valence-electron chi connectivity index (χ1n) is 7.81. The van der Waals surface area contributed by atoms with Crippen molar-refractivity contribution in [1.29, 1.82) is 0 Å². The quantitative estimate of drug-likeness (QED) is 0.616. The molecule has 1 heterocycles. The van der Waals surface area contributed by atoms with Crippen LogP contribution in [0.5, 0.6) is 0 Å². The summed E-state index contributed by atoms with van der Waals surface area (Å²) in [6.45, 7) is 2.28. The van der Waals surface area contributed by atoms with Crippen molar-refractivity contribution in [3.05, 3.63) is 0 Å².